The third kappa shape index (κ3) is 4.33. The molecule has 3 aliphatic rings. The summed E-state index contributed by atoms with van der Waals surface area (Å²) in [5.74, 6) is -0.157. The van der Waals surface area contributed by atoms with Crippen molar-refractivity contribution in [1.29, 1.82) is 0 Å². The standard InChI is InChI=1S/C32H34B2N6O2/c1-3-5-17-35-33-37-23-11-7-9-19-13-15-21(29(39-33)25(19)23)27-31(41)28(32(27)42)22-16-14-20-10-8-12-24-26(20)30(22)40-34(38-24)36-18-6-4-2/h7-16,35-39,41H,3-6,17-18H2,1-2H3/b28-22-. The lowest BCUT2D eigenvalue weighted by atomic mass is 9.78. The van der Waals surface area contributed by atoms with E-state index in [4.69, 9.17) is 4.90 Å². The Kier molecular flexibility index (Phi) is 6.88. The molecular formula is C32H34B2N6O2. The van der Waals surface area contributed by atoms with Gasteiger partial charge in [0.1, 0.15) is 5.76 Å². The number of nitrogens with one attached hydrogen (secondary N) is 5. The first kappa shape index (κ1) is 26.6. The lowest BCUT2D eigenvalue weighted by Gasteiger charge is -2.31. The molecule has 6 N–H and O–H groups in total. The number of nitrogens with zero attached hydrogens (tertiary/aromatic N) is 1. The molecule has 0 amide bonds. The second-order valence-corrected chi connectivity index (χ2v) is 11.2. The molecule has 0 saturated carbocycles. The van der Waals surface area contributed by atoms with Crippen LogP contribution in [0.15, 0.2) is 71.3 Å². The Hall–Kier alpha value is -4.27. The molecule has 0 radical (unpaired) electrons. The van der Waals surface area contributed by atoms with Crippen molar-refractivity contribution in [3.63, 3.8) is 0 Å². The number of carbonyl (C=O) groups is 1. The lowest BCUT2D eigenvalue weighted by Crippen LogP contribution is -2.50. The van der Waals surface area contributed by atoms with Gasteiger partial charge in [-0.1, -0.05) is 75.2 Å². The van der Waals surface area contributed by atoms with Crippen molar-refractivity contribution < 1.29 is 9.90 Å². The number of hydrogen-bond donors (Lipinski definition) is 6. The molecular weight excluding hydrogens is 522 g/mol. The summed E-state index contributed by atoms with van der Waals surface area (Å²) in [4.78, 5) is 19.0. The predicted molar refractivity (Wildman–Crippen MR) is 175 cm³/mol. The molecule has 2 aliphatic heterocycles. The number of carbonyl (C=O) groups excluding carboxylic acids is 1. The number of hydrogen-bond acceptors (Lipinski definition) is 8. The van der Waals surface area contributed by atoms with Crippen LogP contribution in [0, 0.1) is 0 Å². The van der Waals surface area contributed by atoms with Crippen molar-refractivity contribution in [2.24, 2.45) is 4.90 Å². The molecule has 0 atom stereocenters. The summed E-state index contributed by atoms with van der Waals surface area (Å²) in [7, 11) is -0.502. The first-order valence-corrected chi connectivity index (χ1v) is 15.0. The number of rotatable bonds is 9. The molecule has 42 heavy (non-hydrogen) atoms. The van der Waals surface area contributed by atoms with Gasteiger partial charge in [-0.25, -0.2) is 0 Å². The van der Waals surface area contributed by atoms with Crippen LogP contribution in [-0.4, -0.2) is 38.2 Å². The number of anilines is 3. The zero-order valence-electron chi connectivity index (χ0n) is 24.0. The highest BCUT2D eigenvalue weighted by molar-refractivity contribution is 6.66. The topological polar surface area (TPSA) is 110 Å². The molecule has 7 rings (SSSR count). The van der Waals surface area contributed by atoms with Crippen LogP contribution in [0.3, 0.4) is 0 Å². The van der Waals surface area contributed by atoms with Crippen molar-refractivity contribution >= 4 is 69.8 Å². The first-order chi connectivity index (χ1) is 20.6. The van der Waals surface area contributed by atoms with Gasteiger partial charge in [-0.3, -0.25) is 9.70 Å². The van der Waals surface area contributed by atoms with Crippen LogP contribution in [0.25, 0.3) is 32.7 Å². The van der Waals surface area contributed by atoms with Crippen molar-refractivity contribution in [3.05, 3.63) is 82.6 Å². The van der Waals surface area contributed by atoms with E-state index in [1.807, 2.05) is 48.5 Å². The summed E-state index contributed by atoms with van der Waals surface area (Å²) in [6, 6.07) is 20.1. The van der Waals surface area contributed by atoms with Gasteiger partial charge in [0.2, 0.25) is 5.78 Å². The van der Waals surface area contributed by atoms with Crippen LogP contribution < -0.4 is 36.7 Å². The number of Topliss-reactive ketones (excluding diaryl/α,β-unsaturated/α-hetero) is 1. The van der Waals surface area contributed by atoms with Gasteiger partial charge >= 0.3 is 14.2 Å². The third-order valence-corrected chi connectivity index (χ3v) is 8.42. The minimum atomic E-state index is -0.311. The van der Waals surface area contributed by atoms with Crippen LogP contribution >= 0.6 is 0 Å². The highest BCUT2D eigenvalue weighted by Gasteiger charge is 2.39. The molecule has 4 aromatic carbocycles. The van der Waals surface area contributed by atoms with E-state index in [0.29, 0.717) is 21.9 Å². The van der Waals surface area contributed by atoms with Crippen molar-refractivity contribution in [2.75, 3.05) is 28.8 Å². The highest BCUT2D eigenvalue weighted by Crippen LogP contribution is 2.44. The van der Waals surface area contributed by atoms with Gasteiger partial charge in [0.05, 0.1) is 16.5 Å². The molecule has 0 spiro atoms. The lowest BCUT2D eigenvalue weighted by molar-refractivity contribution is -0.109. The van der Waals surface area contributed by atoms with Gasteiger partial charge in [-0.15, -0.1) is 0 Å². The average molecular weight is 556 g/mol. The maximum atomic E-state index is 14.0. The molecule has 10 heteroatoms. The second-order valence-electron chi connectivity index (χ2n) is 11.2. The number of benzene rings is 4. The van der Waals surface area contributed by atoms with E-state index in [1.165, 1.54) is 0 Å². The summed E-state index contributed by atoms with van der Waals surface area (Å²) in [5, 5.41) is 34.6. The Labute approximate surface area is 245 Å². The van der Waals surface area contributed by atoms with E-state index in [0.717, 1.165) is 82.7 Å². The Morgan fingerprint density at radius 1 is 0.786 bits per heavy atom. The summed E-state index contributed by atoms with van der Waals surface area (Å²) in [6.45, 7) is 6.02. The van der Waals surface area contributed by atoms with E-state index in [9.17, 15) is 9.90 Å². The quantitative estimate of drug-likeness (QED) is 0.135. The summed E-state index contributed by atoms with van der Waals surface area (Å²) < 4.78 is 0. The Morgan fingerprint density at radius 3 is 2.21 bits per heavy atom. The van der Waals surface area contributed by atoms with Gasteiger partial charge in [0.25, 0.3) is 0 Å². The van der Waals surface area contributed by atoms with E-state index in [2.05, 4.69) is 52.1 Å². The van der Waals surface area contributed by atoms with Crippen molar-refractivity contribution in [2.45, 2.75) is 39.5 Å². The number of aliphatic hydroxyl groups excluding tert-OH is 1. The van der Waals surface area contributed by atoms with Gasteiger partial charge in [0, 0.05) is 38.6 Å². The smallest absolute Gasteiger partial charge is 0.484 e. The molecule has 210 valence electrons. The number of allylic oxidation sites excluding steroid dienone is 2. The fraction of sp³-hybridized carbons (Fsp3) is 0.250. The molecule has 1 aliphatic carbocycles. The van der Waals surface area contributed by atoms with Gasteiger partial charge < -0.3 is 31.2 Å². The fourth-order valence-electron chi connectivity index (χ4n) is 6.26. The normalized spacial score (nSPS) is 16.7. The van der Waals surface area contributed by atoms with Crippen LogP contribution in [0.5, 0.6) is 0 Å². The van der Waals surface area contributed by atoms with Crippen LogP contribution in [0.4, 0.5) is 17.1 Å². The maximum absolute atomic E-state index is 14.0. The molecule has 0 saturated heterocycles. The van der Waals surface area contributed by atoms with E-state index in [1.54, 1.807) is 0 Å². The van der Waals surface area contributed by atoms with Crippen molar-refractivity contribution in [3.8, 4) is 0 Å². The Bertz CT molecular complexity index is 1910. The van der Waals surface area contributed by atoms with E-state index in [-0.39, 0.29) is 25.8 Å². The predicted octanol–water partition coefficient (Wildman–Crippen LogP) is 4.33. The summed E-state index contributed by atoms with van der Waals surface area (Å²) >= 11 is 0. The first-order valence-electron chi connectivity index (χ1n) is 15.0. The molecule has 2 heterocycles. The monoisotopic (exact) mass is 556 g/mol. The summed E-state index contributed by atoms with van der Waals surface area (Å²) in [5.41, 5.74) is 4.17. The Morgan fingerprint density at radius 2 is 1.48 bits per heavy atom. The molecule has 0 aromatic heterocycles. The van der Waals surface area contributed by atoms with E-state index < -0.39 is 0 Å². The minimum absolute atomic E-state index is 0.0150. The van der Waals surface area contributed by atoms with Crippen molar-refractivity contribution in [1.82, 2.24) is 10.5 Å². The van der Waals surface area contributed by atoms with Gasteiger partial charge in [-0.2, -0.15) is 0 Å². The zero-order chi connectivity index (χ0) is 28.8. The second kappa shape index (κ2) is 10.9. The summed E-state index contributed by atoms with van der Waals surface area (Å²) in [6.07, 6.45) is 4.29. The molecule has 4 aromatic rings. The Balaban J connectivity index is 1.37. The number of ketones is 1. The average Bonchev–Trinajstić information content (AvgIpc) is 3.00. The molecule has 0 unspecified atom stereocenters. The molecule has 0 bridgehead atoms. The fourth-order valence-corrected chi connectivity index (χ4v) is 6.26. The third-order valence-electron chi connectivity index (χ3n) is 8.42. The largest absolute Gasteiger partial charge is 0.506 e. The van der Waals surface area contributed by atoms with Crippen LogP contribution in [0.2, 0.25) is 0 Å². The number of unbranched alkanes of at least 4 members (excludes halogenated alkanes) is 2. The number of aliphatic hydroxyl groups is 1. The van der Waals surface area contributed by atoms with Crippen LogP contribution in [0.1, 0.15) is 45.1 Å². The zero-order valence-corrected chi connectivity index (χ0v) is 24.0. The maximum Gasteiger partial charge on any atom is 0.484 e. The van der Waals surface area contributed by atoms with Gasteiger partial charge in [0.15, 0.2) is 0 Å². The van der Waals surface area contributed by atoms with Crippen LogP contribution in [-0.2, 0) is 4.79 Å². The highest BCUT2D eigenvalue weighted by atomic mass is 16.3. The SMILES string of the molecule is CCCCNB1N=c2/c(=C3\C(=O)C(c4ccc5cccc6c5c4NB(NCCCC)N6)=C3O)ccc3cccc(c23)N1. The molecule has 8 nitrogen and oxygen atoms in total. The minimum Gasteiger partial charge on any atom is -0.506 e. The van der Waals surface area contributed by atoms with Gasteiger partial charge in [-0.05, 0) is 48.8 Å². The molecule has 0 fully saturated rings. The van der Waals surface area contributed by atoms with E-state index >= 15 is 0 Å².